The minimum Gasteiger partial charge on any atom is -0.399 e. The molecule has 0 radical (unpaired) electrons. The first-order valence-corrected chi connectivity index (χ1v) is 7.23. The minimum absolute atomic E-state index is 0.435. The quantitative estimate of drug-likeness (QED) is 0.614. The van der Waals surface area contributed by atoms with Gasteiger partial charge in [0.25, 0.3) is 0 Å². The third kappa shape index (κ3) is 3.02. The molecule has 1 aromatic carbocycles. The topological polar surface area (TPSA) is 24.8 Å². The zero-order chi connectivity index (χ0) is 15.6. The van der Waals surface area contributed by atoms with Crippen LogP contribution in [0.15, 0.2) is 40.6 Å². The minimum atomic E-state index is 0.435. The van der Waals surface area contributed by atoms with Crippen molar-refractivity contribution in [2.24, 2.45) is 11.1 Å². The average Bonchev–Trinajstić information content (AvgIpc) is 2.69. The van der Waals surface area contributed by atoms with Gasteiger partial charge in [0.1, 0.15) is 7.11 Å². The standard InChI is InChI=1S/C18H24N2O/c1-12-9-13(2)18(14(12)3)17-8-7-16(20(4)5)10-15(17)11-19-21-6/h7-11,13H,1-6H3. The summed E-state index contributed by atoms with van der Waals surface area (Å²) in [5.41, 5.74) is 7.60. The predicted molar refractivity (Wildman–Crippen MR) is 90.9 cm³/mol. The lowest BCUT2D eigenvalue weighted by Crippen LogP contribution is -2.10. The molecular weight excluding hydrogens is 260 g/mol. The van der Waals surface area contributed by atoms with Gasteiger partial charge < -0.3 is 9.74 Å². The lowest BCUT2D eigenvalue weighted by Gasteiger charge is -2.18. The molecule has 0 aromatic heterocycles. The highest BCUT2D eigenvalue weighted by molar-refractivity contribution is 5.92. The van der Waals surface area contributed by atoms with Crippen LogP contribution in [0, 0.1) is 5.92 Å². The molecular formula is C18H24N2O. The summed E-state index contributed by atoms with van der Waals surface area (Å²) in [6.07, 6.45) is 4.12. The average molecular weight is 284 g/mol. The first-order chi connectivity index (χ1) is 9.95. The van der Waals surface area contributed by atoms with Gasteiger partial charge in [0.2, 0.25) is 0 Å². The predicted octanol–water partition coefficient (Wildman–Crippen LogP) is 4.10. The summed E-state index contributed by atoms with van der Waals surface area (Å²) in [6.45, 7) is 6.62. The normalized spacial score (nSPS) is 18.4. The number of rotatable bonds is 4. The van der Waals surface area contributed by atoms with Gasteiger partial charge in [0, 0.05) is 31.3 Å². The molecule has 1 aromatic rings. The Labute approximate surface area is 127 Å². The summed E-state index contributed by atoms with van der Waals surface area (Å²) in [6, 6.07) is 6.49. The van der Waals surface area contributed by atoms with Gasteiger partial charge >= 0.3 is 0 Å². The van der Waals surface area contributed by atoms with Crippen LogP contribution in [0.3, 0.4) is 0 Å². The van der Waals surface area contributed by atoms with Crippen LogP contribution in [0.4, 0.5) is 5.69 Å². The maximum absolute atomic E-state index is 4.87. The fraction of sp³-hybridized carbons (Fsp3) is 0.389. The third-order valence-corrected chi connectivity index (χ3v) is 4.09. The third-order valence-electron chi connectivity index (χ3n) is 4.09. The van der Waals surface area contributed by atoms with Crippen molar-refractivity contribution in [3.8, 4) is 0 Å². The number of nitrogens with zero attached hydrogens (tertiary/aromatic N) is 2. The Balaban J connectivity index is 2.56. The van der Waals surface area contributed by atoms with Gasteiger partial charge in [-0.1, -0.05) is 29.8 Å². The van der Waals surface area contributed by atoms with E-state index in [1.54, 1.807) is 13.3 Å². The van der Waals surface area contributed by atoms with Gasteiger partial charge in [0.05, 0.1) is 6.21 Å². The fourth-order valence-corrected chi connectivity index (χ4v) is 2.87. The van der Waals surface area contributed by atoms with E-state index in [0.29, 0.717) is 5.92 Å². The van der Waals surface area contributed by atoms with Gasteiger partial charge in [-0.05, 0) is 42.7 Å². The van der Waals surface area contributed by atoms with E-state index in [0.717, 1.165) is 11.3 Å². The molecule has 0 amide bonds. The monoisotopic (exact) mass is 284 g/mol. The second-order valence-electron chi connectivity index (χ2n) is 5.76. The molecule has 3 nitrogen and oxygen atoms in total. The lowest BCUT2D eigenvalue weighted by atomic mass is 9.90. The Morgan fingerprint density at radius 3 is 2.48 bits per heavy atom. The van der Waals surface area contributed by atoms with E-state index >= 15 is 0 Å². The van der Waals surface area contributed by atoms with Gasteiger partial charge in [-0.2, -0.15) is 0 Å². The van der Waals surface area contributed by atoms with E-state index in [-0.39, 0.29) is 0 Å². The zero-order valence-electron chi connectivity index (χ0n) is 13.8. The highest BCUT2D eigenvalue weighted by Crippen LogP contribution is 2.39. The van der Waals surface area contributed by atoms with Crippen LogP contribution in [-0.4, -0.2) is 27.4 Å². The van der Waals surface area contributed by atoms with Gasteiger partial charge in [-0.15, -0.1) is 0 Å². The molecule has 0 bridgehead atoms. The molecule has 1 atom stereocenters. The maximum Gasteiger partial charge on any atom is 0.106 e. The molecule has 3 heteroatoms. The molecule has 0 heterocycles. The molecule has 0 saturated carbocycles. The Morgan fingerprint density at radius 2 is 1.95 bits per heavy atom. The number of hydrogen-bond acceptors (Lipinski definition) is 3. The van der Waals surface area contributed by atoms with Crippen LogP contribution in [0.1, 0.15) is 31.9 Å². The number of oxime groups is 1. The van der Waals surface area contributed by atoms with Crippen LogP contribution < -0.4 is 4.90 Å². The lowest BCUT2D eigenvalue weighted by molar-refractivity contribution is 0.215. The largest absolute Gasteiger partial charge is 0.399 e. The van der Waals surface area contributed by atoms with Crippen LogP contribution in [0.5, 0.6) is 0 Å². The van der Waals surface area contributed by atoms with E-state index < -0.39 is 0 Å². The second kappa shape index (κ2) is 6.17. The molecule has 112 valence electrons. The highest BCUT2D eigenvalue weighted by atomic mass is 16.6. The SMILES string of the molecule is CON=Cc1cc(N(C)C)ccc1C1=C(C)C(C)=CC1C. The van der Waals surface area contributed by atoms with Crippen LogP contribution in [0.25, 0.3) is 5.57 Å². The Hall–Kier alpha value is -2.03. The van der Waals surface area contributed by atoms with Crippen molar-refractivity contribution in [1.29, 1.82) is 0 Å². The van der Waals surface area contributed by atoms with E-state index in [9.17, 15) is 0 Å². The molecule has 1 aliphatic rings. The van der Waals surface area contributed by atoms with Crippen molar-refractivity contribution in [3.63, 3.8) is 0 Å². The maximum atomic E-state index is 4.87. The number of hydrogen-bond donors (Lipinski definition) is 0. The summed E-state index contributed by atoms with van der Waals surface area (Å²) < 4.78 is 0. The summed E-state index contributed by atoms with van der Waals surface area (Å²) >= 11 is 0. The molecule has 1 aliphatic carbocycles. The second-order valence-corrected chi connectivity index (χ2v) is 5.76. The number of benzene rings is 1. The first kappa shape index (κ1) is 15.4. The van der Waals surface area contributed by atoms with Gasteiger partial charge in [-0.3, -0.25) is 0 Å². The summed E-state index contributed by atoms with van der Waals surface area (Å²) in [7, 11) is 5.65. The van der Waals surface area contributed by atoms with Crippen LogP contribution in [-0.2, 0) is 4.84 Å². The van der Waals surface area contributed by atoms with Crippen molar-refractivity contribution in [2.45, 2.75) is 20.8 Å². The van der Waals surface area contributed by atoms with Gasteiger partial charge in [0.15, 0.2) is 0 Å². The van der Waals surface area contributed by atoms with E-state index in [4.69, 9.17) is 4.84 Å². The molecule has 0 aliphatic heterocycles. The van der Waals surface area contributed by atoms with Crippen molar-refractivity contribution in [3.05, 3.63) is 46.5 Å². The summed E-state index contributed by atoms with van der Waals surface area (Å²) in [4.78, 5) is 6.96. The molecule has 21 heavy (non-hydrogen) atoms. The van der Waals surface area contributed by atoms with Crippen molar-refractivity contribution in [2.75, 3.05) is 26.1 Å². The van der Waals surface area contributed by atoms with E-state index in [1.165, 1.54) is 22.3 Å². The van der Waals surface area contributed by atoms with Crippen molar-refractivity contribution in [1.82, 2.24) is 0 Å². The van der Waals surface area contributed by atoms with Gasteiger partial charge in [-0.25, -0.2) is 0 Å². The molecule has 2 rings (SSSR count). The number of allylic oxidation sites excluding steroid dienone is 4. The Bertz CT molecular complexity index is 624. The number of anilines is 1. The molecule has 0 N–H and O–H groups in total. The van der Waals surface area contributed by atoms with Crippen LogP contribution in [0.2, 0.25) is 0 Å². The fourth-order valence-electron chi connectivity index (χ4n) is 2.87. The Kier molecular flexibility index (Phi) is 4.51. The summed E-state index contributed by atoms with van der Waals surface area (Å²) in [5, 5.41) is 3.96. The van der Waals surface area contributed by atoms with Crippen LogP contribution >= 0.6 is 0 Å². The van der Waals surface area contributed by atoms with Crippen molar-refractivity contribution < 1.29 is 4.84 Å². The summed E-state index contributed by atoms with van der Waals surface area (Å²) in [5.74, 6) is 0.435. The zero-order valence-corrected chi connectivity index (χ0v) is 13.8. The Morgan fingerprint density at radius 1 is 1.24 bits per heavy atom. The molecule has 0 spiro atoms. The van der Waals surface area contributed by atoms with E-state index in [1.807, 2.05) is 14.1 Å². The molecule has 0 fully saturated rings. The van der Waals surface area contributed by atoms with Crippen molar-refractivity contribution >= 4 is 17.5 Å². The molecule has 1 unspecified atom stereocenters. The smallest absolute Gasteiger partial charge is 0.106 e. The molecule has 0 saturated heterocycles. The van der Waals surface area contributed by atoms with E-state index in [2.05, 4.69) is 55.1 Å². The first-order valence-electron chi connectivity index (χ1n) is 7.23. The highest BCUT2D eigenvalue weighted by Gasteiger charge is 2.21.